The lowest BCUT2D eigenvalue weighted by Crippen LogP contribution is -2.50. The van der Waals surface area contributed by atoms with E-state index < -0.39 is 17.8 Å². The predicted molar refractivity (Wildman–Crippen MR) is 125 cm³/mol. The van der Waals surface area contributed by atoms with Crippen LogP contribution in [0.1, 0.15) is 61.9 Å². The molecule has 3 fully saturated rings. The first-order valence-electron chi connectivity index (χ1n) is 12.6. The average molecular weight is 508 g/mol. The Morgan fingerprint density at radius 1 is 1.25 bits per heavy atom. The van der Waals surface area contributed by atoms with Gasteiger partial charge in [-0.15, -0.1) is 0 Å². The summed E-state index contributed by atoms with van der Waals surface area (Å²) >= 11 is 0. The van der Waals surface area contributed by atoms with Crippen LogP contribution in [-0.4, -0.2) is 74.9 Å². The van der Waals surface area contributed by atoms with E-state index in [9.17, 15) is 23.1 Å². The van der Waals surface area contributed by atoms with Crippen LogP contribution in [0, 0.1) is 11.7 Å². The number of hydrogen-bond donors (Lipinski definition) is 3. The molecule has 0 spiro atoms. The summed E-state index contributed by atoms with van der Waals surface area (Å²) in [5.74, 6) is -0.0220. The number of ether oxygens (including phenoxy) is 1. The highest BCUT2D eigenvalue weighted by Gasteiger charge is 2.44. The van der Waals surface area contributed by atoms with Crippen LogP contribution in [0.15, 0.2) is 18.3 Å². The van der Waals surface area contributed by atoms with Crippen LogP contribution in [0.4, 0.5) is 13.2 Å². The maximum absolute atomic E-state index is 14.3. The number of piperidine rings is 1. The average Bonchev–Trinajstić information content (AvgIpc) is 3.46. The number of rotatable bonds is 7. The van der Waals surface area contributed by atoms with Crippen molar-refractivity contribution in [3.05, 3.63) is 29.8 Å². The van der Waals surface area contributed by atoms with E-state index >= 15 is 0 Å². The maximum Gasteiger partial charge on any atom is 0.272 e. The second-order valence-electron chi connectivity index (χ2n) is 10.4. The molecular weight excluding hydrogens is 475 g/mol. The molecular formula is C25H32F3N5O3. The van der Waals surface area contributed by atoms with Crippen LogP contribution in [0.25, 0.3) is 11.3 Å². The van der Waals surface area contributed by atoms with Gasteiger partial charge >= 0.3 is 0 Å². The number of amides is 1. The molecule has 2 saturated heterocycles. The molecule has 0 aromatic carbocycles. The number of carbonyl (C=O) groups is 1. The fourth-order valence-electron chi connectivity index (χ4n) is 6.10. The van der Waals surface area contributed by atoms with Gasteiger partial charge in [0.25, 0.3) is 12.3 Å². The molecule has 2 bridgehead atoms. The topological polar surface area (TPSA) is 103 Å². The Bertz CT molecular complexity index is 1070. The van der Waals surface area contributed by atoms with E-state index in [2.05, 4.69) is 20.5 Å². The molecule has 11 heteroatoms. The second kappa shape index (κ2) is 10.0. The Morgan fingerprint density at radius 2 is 1.94 bits per heavy atom. The smallest absolute Gasteiger partial charge is 0.272 e. The fraction of sp³-hybridized carbons (Fsp3) is 0.640. The van der Waals surface area contributed by atoms with Crippen molar-refractivity contribution in [1.29, 1.82) is 0 Å². The Kier molecular flexibility index (Phi) is 6.95. The fourth-order valence-corrected chi connectivity index (χ4v) is 6.10. The molecule has 196 valence electrons. The van der Waals surface area contributed by atoms with E-state index in [1.807, 2.05) is 4.90 Å². The monoisotopic (exact) mass is 507 g/mol. The van der Waals surface area contributed by atoms with Gasteiger partial charge in [0, 0.05) is 29.8 Å². The number of nitrogens with one attached hydrogen (secondary N) is 2. The number of carbonyl (C=O) groups excluding carboxylic acids is 1. The highest BCUT2D eigenvalue weighted by Crippen LogP contribution is 2.40. The molecule has 3 N–H and O–H groups in total. The van der Waals surface area contributed by atoms with E-state index in [1.165, 1.54) is 13.2 Å². The third-order valence-corrected chi connectivity index (χ3v) is 8.14. The summed E-state index contributed by atoms with van der Waals surface area (Å²) in [6, 6.07) is 3.40. The Morgan fingerprint density at radius 3 is 2.58 bits per heavy atom. The van der Waals surface area contributed by atoms with E-state index in [0.717, 1.165) is 38.4 Å². The summed E-state index contributed by atoms with van der Waals surface area (Å²) in [4.78, 5) is 19.1. The van der Waals surface area contributed by atoms with Gasteiger partial charge in [-0.3, -0.25) is 9.89 Å². The van der Waals surface area contributed by atoms with Gasteiger partial charge in [0.2, 0.25) is 5.88 Å². The molecule has 1 aliphatic carbocycles. The SMILES string of the molecule is COc1cc(-c2cc(C(=O)N3C4CC[C@@H]3CC(CNC3CCC(O)(C(F)F)CC3)C4)[nH]n2)c(F)cn1. The molecule has 1 saturated carbocycles. The second-order valence-corrected chi connectivity index (χ2v) is 10.4. The molecule has 5 rings (SSSR count). The van der Waals surface area contributed by atoms with Crippen LogP contribution in [-0.2, 0) is 0 Å². The molecule has 0 radical (unpaired) electrons. The molecule has 8 nitrogen and oxygen atoms in total. The number of fused-ring (bicyclic) bond motifs is 2. The molecule has 1 amide bonds. The normalized spacial score (nSPS) is 30.1. The number of alkyl halides is 2. The lowest BCUT2D eigenvalue weighted by Gasteiger charge is -2.40. The van der Waals surface area contributed by atoms with Crippen LogP contribution < -0.4 is 10.1 Å². The minimum absolute atomic E-state index is 0.114. The van der Waals surface area contributed by atoms with Crippen LogP contribution in [0.2, 0.25) is 0 Å². The maximum atomic E-state index is 14.3. The lowest BCUT2D eigenvalue weighted by molar-refractivity contribution is -0.119. The zero-order chi connectivity index (χ0) is 25.4. The van der Waals surface area contributed by atoms with Crippen molar-refractivity contribution in [1.82, 2.24) is 25.4 Å². The van der Waals surface area contributed by atoms with Crippen molar-refractivity contribution in [3.8, 4) is 17.1 Å². The number of aromatic amines is 1. The Balaban J connectivity index is 1.18. The molecule has 2 aromatic heterocycles. The largest absolute Gasteiger partial charge is 0.481 e. The molecule has 4 heterocycles. The number of halogens is 3. The van der Waals surface area contributed by atoms with Crippen molar-refractivity contribution < 1.29 is 27.8 Å². The van der Waals surface area contributed by atoms with Crippen LogP contribution >= 0.6 is 0 Å². The van der Waals surface area contributed by atoms with Gasteiger partial charge in [-0.1, -0.05) is 0 Å². The zero-order valence-electron chi connectivity index (χ0n) is 20.2. The standard InChI is InChI=1S/C25H32F3N5O3/c1-36-22-10-18(19(26)13-30-22)20-11-21(32-31-20)23(34)33-16-2-3-17(33)9-14(8-16)12-29-15-4-6-25(35,7-5-15)24(27)28/h10-11,13-17,24,29,35H,2-9,12H2,1H3,(H,31,32)/t14?,15?,16-,17?,25?/m1/s1. The Labute approximate surface area is 207 Å². The van der Waals surface area contributed by atoms with Gasteiger partial charge < -0.3 is 20.1 Å². The van der Waals surface area contributed by atoms with Gasteiger partial charge in [0.05, 0.1) is 19.0 Å². The van der Waals surface area contributed by atoms with Crippen LogP contribution in [0.3, 0.4) is 0 Å². The van der Waals surface area contributed by atoms with Crippen LogP contribution in [0.5, 0.6) is 5.88 Å². The summed E-state index contributed by atoms with van der Waals surface area (Å²) in [5.41, 5.74) is -0.999. The van der Waals surface area contributed by atoms with Crippen molar-refractivity contribution in [2.24, 2.45) is 5.92 Å². The first-order valence-corrected chi connectivity index (χ1v) is 12.6. The number of pyridine rings is 1. The highest BCUT2D eigenvalue weighted by molar-refractivity contribution is 5.94. The number of hydrogen-bond acceptors (Lipinski definition) is 6. The summed E-state index contributed by atoms with van der Waals surface area (Å²) in [7, 11) is 1.44. The van der Waals surface area contributed by atoms with Gasteiger partial charge in [0.15, 0.2) is 5.82 Å². The predicted octanol–water partition coefficient (Wildman–Crippen LogP) is 3.53. The quantitative estimate of drug-likeness (QED) is 0.530. The van der Waals surface area contributed by atoms with Gasteiger partial charge in [-0.2, -0.15) is 5.10 Å². The lowest BCUT2D eigenvalue weighted by atomic mass is 9.82. The minimum atomic E-state index is -2.70. The molecule has 2 aliphatic heterocycles. The summed E-state index contributed by atoms with van der Waals surface area (Å²) in [6.07, 6.45) is 3.30. The number of aliphatic hydroxyl groups is 1. The van der Waals surface area contributed by atoms with Gasteiger partial charge in [-0.05, 0) is 69.9 Å². The molecule has 36 heavy (non-hydrogen) atoms. The third kappa shape index (κ3) is 4.82. The number of aromatic nitrogens is 3. The zero-order valence-corrected chi connectivity index (χ0v) is 20.2. The van der Waals surface area contributed by atoms with Crippen molar-refractivity contribution >= 4 is 5.91 Å². The van der Waals surface area contributed by atoms with E-state index in [-0.39, 0.29) is 48.3 Å². The molecule has 2 unspecified atom stereocenters. The van der Waals surface area contributed by atoms with Crippen molar-refractivity contribution in [2.75, 3.05) is 13.7 Å². The van der Waals surface area contributed by atoms with E-state index in [1.54, 1.807) is 6.07 Å². The van der Waals surface area contributed by atoms with Gasteiger partial charge in [-0.25, -0.2) is 18.2 Å². The van der Waals surface area contributed by atoms with E-state index in [0.29, 0.717) is 30.1 Å². The summed E-state index contributed by atoms with van der Waals surface area (Å²) in [6.45, 7) is 0.782. The van der Waals surface area contributed by atoms with Gasteiger partial charge in [0.1, 0.15) is 11.3 Å². The highest BCUT2D eigenvalue weighted by atomic mass is 19.3. The number of methoxy groups -OCH3 is 1. The summed E-state index contributed by atoms with van der Waals surface area (Å²) in [5, 5.41) is 20.4. The van der Waals surface area contributed by atoms with Crippen molar-refractivity contribution in [3.63, 3.8) is 0 Å². The van der Waals surface area contributed by atoms with E-state index in [4.69, 9.17) is 4.74 Å². The first-order chi connectivity index (χ1) is 17.3. The summed E-state index contributed by atoms with van der Waals surface area (Å²) < 4.78 is 45.4. The molecule has 3 atom stereocenters. The Hall–Kier alpha value is -2.66. The number of nitrogens with zero attached hydrogens (tertiary/aromatic N) is 3. The minimum Gasteiger partial charge on any atom is -0.481 e. The third-order valence-electron chi connectivity index (χ3n) is 8.14. The first kappa shape index (κ1) is 25.0. The molecule has 2 aromatic rings. The molecule has 3 aliphatic rings. The number of H-pyrrole nitrogens is 1. The van der Waals surface area contributed by atoms with Crippen molar-refractivity contribution in [2.45, 2.75) is 81.5 Å².